The lowest BCUT2D eigenvalue weighted by Gasteiger charge is -2.29. The molecule has 25 heavy (non-hydrogen) atoms. The van der Waals surface area contributed by atoms with Gasteiger partial charge < -0.3 is 4.74 Å². The van der Waals surface area contributed by atoms with Gasteiger partial charge in [-0.15, -0.1) is 0 Å². The third kappa shape index (κ3) is 4.08. The number of methoxy groups -OCH3 is 1. The molecule has 0 aliphatic carbocycles. The highest BCUT2D eigenvalue weighted by molar-refractivity contribution is 7.89. The molecule has 0 bridgehead atoms. The summed E-state index contributed by atoms with van der Waals surface area (Å²) >= 11 is 0. The number of hydrogen-bond acceptors (Lipinski definition) is 3. The van der Waals surface area contributed by atoms with Gasteiger partial charge in [-0.3, -0.25) is 0 Å². The Hall–Kier alpha value is -1.76. The molecule has 0 spiro atoms. The zero-order valence-corrected chi connectivity index (χ0v) is 16.0. The minimum atomic E-state index is -3.75. The maximum absolute atomic E-state index is 14.1. The lowest BCUT2D eigenvalue weighted by molar-refractivity contribution is 0.00410. The summed E-state index contributed by atoms with van der Waals surface area (Å²) in [4.78, 5) is 0.225. The van der Waals surface area contributed by atoms with E-state index < -0.39 is 21.4 Å². The van der Waals surface area contributed by atoms with Gasteiger partial charge in [0.15, 0.2) is 0 Å². The zero-order chi connectivity index (χ0) is 18.8. The fourth-order valence-electron chi connectivity index (χ4n) is 2.70. The lowest BCUT2D eigenvalue weighted by atomic mass is 9.95. The molecule has 2 rings (SSSR count). The first-order valence-corrected chi connectivity index (χ1v) is 9.47. The first-order chi connectivity index (χ1) is 11.6. The van der Waals surface area contributed by atoms with Gasteiger partial charge >= 0.3 is 0 Å². The normalized spacial score (nSPS) is 14.3. The van der Waals surface area contributed by atoms with E-state index in [4.69, 9.17) is 4.74 Å². The fourth-order valence-corrected chi connectivity index (χ4v) is 4.14. The third-order valence-electron chi connectivity index (χ3n) is 4.57. The van der Waals surface area contributed by atoms with Crippen molar-refractivity contribution in [3.05, 3.63) is 64.5 Å². The van der Waals surface area contributed by atoms with Crippen molar-refractivity contribution in [2.45, 2.75) is 38.2 Å². The van der Waals surface area contributed by atoms with Crippen LogP contribution in [0.25, 0.3) is 0 Å². The number of benzene rings is 2. The van der Waals surface area contributed by atoms with Crippen molar-refractivity contribution >= 4 is 10.0 Å². The van der Waals surface area contributed by atoms with Gasteiger partial charge in [-0.2, -0.15) is 0 Å². The molecule has 6 heteroatoms. The minimum absolute atomic E-state index is 0.0842. The molecule has 0 unspecified atom stereocenters. The Labute approximate surface area is 149 Å². The van der Waals surface area contributed by atoms with Crippen molar-refractivity contribution in [3.8, 4) is 0 Å². The average molecular weight is 365 g/mol. The smallest absolute Gasteiger partial charge is 0.240 e. The maximum Gasteiger partial charge on any atom is 0.240 e. The Balaban J connectivity index is 2.32. The average Bonchev–Trinajstić information content (AvgIpc) is 2.56. The number of sulfonamides is 1. The van der Waals surface area contributed by atoms with Crippen LogP contribution >= 0.6 is 0 Å². The summed E-state index contributed by atoms with van der Waals surface area (Å²) in [6.45, 7) is 7.13. The van der Waals surface area contributed by atoms with Gasteiger partial charge in [-0.05, 0) is 56.5 Å². The van der Waals surface area contributed by atoms with Crippen LogP contribution in [0.1, 0.15) is 29.2 Å². The third-order valence-corrected chi connectivity index (χ3v) is 6.12. The van der Waals surface area contributed by atoms with Gasteiger partial charge in [0, 0.05) is 19.2 Å². The Bertz CT molecular complexity index is 880. The molecule has 0 fully saturated rings. The molecule has 2 aromatic carbocycles. The molecule has 1 N–H and O–H groups in total. The molecule has 0 saturated heterocycles. The van der Waals surface area contributed by atoms with Gasteiger partial charge in [0.25, 0.3) is 0 Å². The maximum atomic E-state index is 14.1. The van der Waals surface area contributed by atoms with Gasteiger partial charge in [0.2, 0.25) is 10.0 Å². The Morgan fingerprint density at radius 3 is 2.28 bits per heavy atom. The highest BCUT2D eigenvalue weighted by Gasteiger charge is 2.31. The van der Waals surface area contributed by atoms with Crippen molar-refractivity contribution in [1.29, 1.82) is 0 Å². The van der Waals surface area contributed by atoms with Gasteiger partial charge in [-0.1, -0.05) is 24.3 Å². The van der Waals surface area contributed by atoms with E-state index in [0.717, 1.165) is 11.1 Å². The van der Waals surface area contributed by atoms with Crippen LogP contribution in [-0.2, 0) is 20.4 Å². The molecule has 1 atom stereocenters. The summed E-state index contributed by atoms with van der Waals surface area (Å²) in [5.74, 6) is -0.437. The number of ether oxygens (including phenoxy) is 1. The molecule has 136 valence electrons. The number of halogens is 1. The van der Waals surface area contributed by atoms with E-state index in [1.54, 1.807) is 38.1 Å². The SMILES string of the molecule is CO[C@](C)(CNS(=O)(=O)c1cc(C)c(C)cc1C)c1ccccc1F. The number of nitrogens with one attached hydrogen (secondary N) is 1. The number of rotatable bonds is 6. The quantitative estimate of drug-likeness (QED) is 0.851. The van der Waals surface area contributed by atoms with Crippen LogP contribution in [-0.4, -0.2) is 22.1 Å². The van der Waals surface area contributed by atoms with E-state index in [-0.39, 0.29) is 11.4 Å². The van der Waals surface area contributed by atoms with Crippen LogP contribution in [0.3, 0.4) is 0 Å². The van der Waals surface area contributed by atoms with Crippen LogP contribution in [0, 0.1) is 26.6 Å². The predicted molar refractivity (Wildman–Crippen MR) is 96.6 cm³/mol. The molecule has 0 amide bonds. The standard InChI is InChI=1S/C19H24FNO3S/c1-13-10-15(3)18(11-14(13)2)25(22,23)21-12-19(4,24-5)16-8-6-7-9-17(16)20/h6-11,21H,12H2,1-5H3/t19-/m1/s1. The number of hydrogen-bond donors (Lipinski definition) is 1. The summed E-state index contributed by atoms with van der Waals surface area (Å²) in [5, 5.41) is 0. The van der Waals surface area contributed by atoms with E-state index >= 15 is 0 Å². The topological polar surface area (TPSA) is 55.4 Å². The Morgan fingerprint density at radius 2 is 1.68 bits per heavy atom. The second-order valence-electron chi connectivity index (χ2n) is 6.44. The number of aryl methyl sites for hydroxylation is 3. The van der Waals surface area contributed by atoms with E-state index in [2.05, 4.69) is 4.72 Å². The largest absolute Gasteiger partial charge is 0.372 e. The van der Waals surface area contributed by atoms with Crippen LogP contribution in [0.2, 0.25) is 0 Å². The molecule has 0 saturated carbocycles. The highest BCUT2D eigenvalue weighted by Crippen LogP contribution is 2.27. The van der Waals surface area contributed by atoms with E-state index in [9.17, 15) is 12.8 Å². The first-order valence-electron chi connectivity index (χ1n) is 7.98. The monoisotopic (exact) mass is 365 g/mol. The molecular weight excluding hydrogens is 341 g/mol. The molecule has 2 aromatic rings. The summed E-state index contributed by atoms with van der Waals surface area (Å²) in [7, 11) is -2.31. The van der Waals surface area contributed by atoms with Crippen LogP contribution < -0.4 is 4.72 Å². The molecule has 4 nitrogen and oxygen atoms in total. The van der Waals surface area contributed by atoms with Crippen molar-refractivity contribution in [2.75, 3.05) is 13.7 Å². The summed E-state index contributed by atoms with van der Waals surface area (Å²) < 4.78 is 47.6. The van der Waals surface area contributed by atoms with Crippen molar-refractivity contribution in [2.24, 2.45) is 0 Å². The lowest BCUT2D eigenvalue weighted by Crippen LogP contribution is -2.40. The fraction of sp³-hybridized carbons (Fsp3) is 0.368. The molecular formula is C19H24FNO3S. The predicted octanol–water partition coefficient (Wildman–Crippen LogP) is 3.59. The molecule has 0 aliphatic rings. The van der Waals surface area contributed by atoms with E-state index in [1.807, 2.05) is 19.9 Å². The van der Waals surface area contributed by atoms with Gasteiger partial charge in [0.05, 0.1) is 4.90 Å². The Morgan fingerprint density at radius 1 is 1.08 bits per heavy atom. The van der Waals surface area contributed by atoms with Crippen molar-refractivity contribution in [1.82, 2.24) is 4.72 Å². The minimum Gasteiger partial charge on any atom is -0.372 e. The van der Waals surface area contributed by atoms with E-state index in [0.29, 0.717) is 11.1 Å². The zero-order valence-electron chi connectivity index (χ0n) is 15.2. The second-order valence-corrected chi connectivity index (χ2v) is 8.18. The Kier molecular flexibility index (Phi) is 5.66. The molecule has 0 aromatic heterocycles. The highest BCUT2D eigenvalue weighted by atomic mass is 32.2. The van der Waals surface area contributed by atoms with Crippen LogP contribution in [0.15, 0.2) is 41.3 Å². The molecule has 0 aliphatic heterocycles. The summed E-state index contributed by atoms with van der Waals surface area (Å²) in [6, 6.07) is 9.69. The summed E-state index contributed by atoms with van der Waals surface area (Å²) in [5.41, 5.74) is 1.78. The van der Waals surface area contributed by atoms with Crippen LogP contribution in [0.4, 0.5) is 4.39 Å². The van der Waals surface area contributed by atoms with E-state index in [1.165, 1.54) is 13.2 Å². The van der Waals surface area contributed by atoms with Crippen molar-refractivity contribution < 1.29 is 17.5 Å². The summed E-state index contributed by atoms with van der Waals surface area (Å²) in [6.07, 6.45) is 0. The first kappa shape index (κ1) is 19.6. The second kappa shape index (κ2) is 7.23. The van der Waals surface area contributed by atoms with Gasteiger partial charge in [-0.25, -0.2) is 17.5 Å². The van der Waals surface area contributed by atoms with Gasteiger partial charge in [0.1, 0.15) is 11.4 Å². The van der Waals surface area contributed by atoms with Crippen molar-refractivity contribution in [3.63, 3.8) is 0 Å². The van der Waals surface area contributed by atoms with Crippen LogP contribution in [0.5, 0.6) is 0 Å². The molecule has 0 heterocycles. The molecule has 0 radical (unpaired) electrons.